The zero-order chi connectivity index (χ0) is 22.4. The number of benzene rings is 1. The summed E-state index contributed by atoms with van der Waals surface area (Å²) in [5.74, 6) is 0.863. The largest absolute Gasteiger partial charge is 0.491 e. The van der Waals surface area contributed by atoms with Crippen LogP contribution in [-0.4, -0.2) is 78.9 Å². The fraction of sp³-hybridized carbons (Fsp3) is 0.304. The first kappa shape index (κ1) is 20.3. The molecule has 0 spiro atoms. The van der Waals surface area contributed by atoms with Crippen LogP contribution >= 0.6 is 0 Å². The number of nitrogens with one attached hydrogen (secondary N) is 1. The lowest BCUT2D eigenvalue weighted by Crippen LogP contribution is -2.41. The van der Waals surface area contributed by atoms with E-state index >= 15 is 0 Å². The summed E-state index contributed by atoms with van der Waals surface area (Å²) in [4.78, 5) is 37.8. The molecule has 1 aliphatic carbocycles. The van der Waals surface area contributed by atoms with Gasteiger partial charge in [0.1, 0.15) is 12.4 Å². The third-order valence-corrected chi connectivity index (χ3v) is 5.66. The first-order valence-electron chi connectivity index (χ1n) is 10.4. The highest BCUT2D eigenvalue weighted by molar-refractivity contribution is 6.41. The van der Waals surface area contributed by atoms with Crippen LogP contribution in [0.5, 0.6) is 11.5 Å². The third kappa shape index (κ3) is 3.17. The molecule has 1 aromatic heterocycles. The lowest BCUT2D eigenvalue weighted by atomic mass is 9.82. The van der Waals surface area contributed by atoms with Gasteiger partial charge in [-0.3, -0.25) is 14.5 Å². The maximum atomic E-state index is 13.4. The molecule has 2 N–H and O–H groups in total. The van der Waals surface area contributed by atoms with E-state index in [1.54, 1.807) is 30.5 Å². The van der Waals surface area contributed by atoms with Gasteiger partial charge in [-0.2, -0.15) is 0 Å². The lowest BCUT2D eigenvalue weighted by molar-refractivity contribution is -0.364. The molecule has 1 aromatic carbocycles. The molecular formula is C23H23N4O5+. The number of aromatic nitrogens is 1. The summed E-state index contributed by atoms with van der Waals surface area (Å²) in [6.07, 6.45) is 0.978. The lowest BCUT2D eigenvalue weighted by Gasteiger charge is -2.27. The van der Waals surface area contributed by atoms with E-state index < -0.39 is 6.10 Å². The zero-order valence-electron chi connectivity index (χ0n) is 17.8. The molecule has 9 nitrogen and oxygen atoms in total. The monoisotopic (exact) mass is 435 g/mol. The first-order chi connectivity index (χ1) is 15.5. The van der Waals surface area contributed by atoms with Gasteiger partial charge in [0.2, 0.25) is 11.5 Å². The van der Waals surface area contributed by atoms with Crippen molar-refractivity contribution >= 4 is 28.9 Å². The van der Waals surface area contributed by atoms with E-state index in [0.29, 0.717) is 51.8 Å². The fourth-order valence-corrected chi connectivity index (χ4v) is 4.16. The van der Waals surface area contributed by atoms with Crippen molar-refractivity contribution in [3.8, 4) is 11.5 Å². The summed E-state index contributed by atoms with van der Waals surface area (Å²) >= 11 is 0. The minimum atomic E-state index is -0.772. The predicted molar refractivity (Wildman–Crippen MR) is 115 cm³/mol. The van der Waals surface area contributed by atoms with Crippen LogP contribution in [0.15, 0.2) is 47.1 Å². The Morgan fingerprint density at radius 2 is 2.06 bits per heavy atom. The van der Waals surface area contributed by atoms with Crippen molar-refractivity contribution in [1.29, 1.82) is 0 Å². The highest BCUT2D eigenvalue weighted by Crippen LogP contribution is 2.44. The van der Waals surface area contributed by atoms with Crippen LogP contribution < -0.4 is 14.5 Å². The number of ether oxygens (including phenoxy) is 2. The van der Waals surface area contributed by atoms with Gasteiger partial charge in [-0.05, 0) is 49.4 Å². The summed E-state index contributed by atoms with van der Waals surface area (Å²) in [5, 5.41) is 9.10. The number of carbonyl (C=O) groups is 2. The average Bonchev–Trinajstić information content (AvgIpc) is 3.05. The van der Waals surface area contributed by atoms with Crippen molar-refractivity contribution in [2.24, 2.45) is 4.99 Å². The molecule has 32 heavy (non-hydrogen) atoms. The van der Waals surface area contributed by atoms with Crippen LogP contribution in [0.25, 0.3) is 5.57 Å². The molecule has 5 rings (SSSR count). The second kappa shape index (κ2) is 7.85. The van der Waals surface area contributed by atoms with Crippen LogP contribution in [0.3, 0.4) is 0 Å². The number of aliphatic hydroxyl groups is 1. The molecule has 2 aromatic rings. The predicted octanol–water partition coefficient (Wildman–Crippen LogP) is 0.451. The molecule has 0 fully saturated rings. The number of H-pyrrole nitrogens is 1. The average molecular weight is 435 g/mol. The number of fused-ring (bicyclic) bond motifs is 6. The number of aliphatic hydroxyl groups excluding tert-OH is 1. The zero-order valence-corrected chi connectivity index (χ0v) is 17.8. The number of hydrogen-bond donors (Lipinski definition) is 1. The van der Waals surface area contributed by atoms with Crippen LogP contribution in [0.1, 0.15) is 11.1 Å². The number of aromatic amines is 1. The van der Waals surface area contributed by atoms with Crippen LogP contribution in [0.2, 0.25) is 0 Å². The van der Waals surface area contributed by atoms with E-state index in [1.165, 1.54) is 4.90 Å². The maximum absolute atomic E-state index is 13.4. The van der Waals surface area contributed by atoms with Crippen LogP contribution in [0, 0.1) is 0 Å². The Kier molecular flexibility index (Phi) is 4.99. The minimum absolute atomic E-state index is 0.127. The quantitative estimate of drug-likeness (QED) is 0.661. The molecule has 2 aliphatic heterocycles. The van der Waals surface area contributed by atoms with Gasteiger partial charge in [0.25, 0.3) is 11.8 Å². The fourth-order valence-electron chi connectivity index (χ4n) is 4.16. The minimum Gasteiger partial charge on any atom is -0.491 e. The number of likely N-dealkylation sites (N-methyl/N-ethyl adjacent to an activating group) is 1. The van der Waals surface area contributed by atoms with Gasteiger partial charge in [-0.1, -0.05) is 0 Å². The summed E-state index contributed by atoms with van der Waals surface area (Å²) in [6, 6.07) is 8.87. The number of hydrogen-bond acceptors (Lipinski definition) is 7. The van der Waals surface area contributed by atoms with Crippen molar-refractivity contribution < 1.29 is 29.2 Å². The van der Waals surface area contributed by atoms with E-state index in [1.807, 2.05) is 25.1 Å². The highest BCUT2D eigenvalue weighted by Gasteiger charge is 2.52. The van der Waals surface area contributed by atoms with Crippen molar-refractivity contribution in [3.05, 3.63) is 53.2 Å². The van der Waals surface area contributed by atoms with E-state index in [4.69, 9.17) is 19.6 Å². The number of imide groups is 1. The Hall–Kier alpha value is -3.56. The number of carbonyl (C=O) groups excluding carboxylic acids is 2. The van der Waals surface area contributed by atoms with Crippen molar-refractivity contribution in [3.63, 3.8) is 0 Å². The molecule has 2 amide bonds. The molecule has 0 radical (unpaired) electrons. The van der Waals surface area contributed by atoms with Gasteiger partial charge in [-0.25, -0.2) is 4.98 Å². The van der Waals surface area contributed by atoms with Gasteiger partial charge in [-0.15, -0.1) is 0 Å². The molecule has 164 valence electrons. The van der Waals surface area contributed by atoms with Crippen molar-refractivity contribution in [1.82, 2.24) is 9.80 Å². The van der Waals surface area contributed by atoms with Crippen molar-refractivity contribution in [2.75, 3.05) is 40.4 Å². The Balaban J connectivity index is 1.66. The molecule has 9 heteroatoms. The molecule has 0 saturated heterocycles. The summed E-state index contributed by atoms with van der Waals surface area (Å²) in [6.45, 7) is 0.823. The molecule has 1 atom stereocenters. The van der Waals surface area contributed by atoms with Gasteiger partial charge >= 0.3 is 5.82 Å². The molecular weight excluding hydrogens is 412 g/mol. The second-order valence-corrected chi connectivity index (χ2v) is 8.01. The van der Waals surface area contributed by atoms with Crippen molar-refractivity contribution in [2.45, 2.75) is 6.10 Å². The molecule has 0 bridgehead atoms. The van der Waals surface area contributed by atoms with Gasteiger partial charge in [0, 0.05) is 24.2 Å². The van der Waals surface area contributed by atoms with Gasteiger partial charge in [0.05, 0.1) is 23.9 Å². The normalized spacial score (nSPS) is 18.7. The number of aliphatic imine (C=N–C) groups is 1. The Bertz CT molecular complexity index is 1190. The second-order valence-electron chi connectivity index (χ2n) is 8.01. The SMILES string of the molecule is CN(C)CCN1C(=O)C2=C(C1=O)C1Oc3ccc[nH+]c3N=C1c1ccc(OCCO)cc12. The number of nitrogens with zero attached hydrogens (tertiary/aromatic N) is 3. The molecule has 1 unspecified atom stereocenters. The number of rotatable bonds is 6. The Morgan fingerprint density at radius 3 is 2.84 bits per heavy atom. The number of amides is 2. The Labute approximate surface area is 184 Å². The number of pyridine rings is 1. The molecule has 0 saturated carbocycles. The van der Waals surface area contributed by atoms with Crippen LogP contribution in [0.4, 0.5) is 5.82 Å². The topological polar surface area (TPSA) is 106 Å². The maximum Gasteiger partial charge on any atom is 0.363 e. The van der Waals surface area contributed by atoms with Crippen LogP contribution in [-0.2, 0) is 9.59 Å². The van der Waals surface area contributed by atoms with E-state index in [-0.39, 0.29) is 31.6 Å². The molecule has 3 heterocycles. The van der Waals surface area contributed by atoms with E-state index in [0.717, 1.165) is 0 Å². The smallest absolute Gasteiger partial charge is 0.363 e. The van der Waals surface area contributed by atoms with E-state index in [2.05, 4.69) is 4.98 Å². The summed E-state index contributed by atoms with van der Waals surface area (Å²) < 4.78 is 11.8. The first-order valence-corrected chi connectivity index (χ1v) is 10.4. The third-order valence-electron chi connectivity index (χ3n) is 5.66. The summed E-state index contributed by atoms with van der Waals surface area (Å²) in [5.41, 5.74) is 2.49. The van der Waals surface area contributed by atoms with Gasteiger partial charge < -0.3 is 19.5 Å². The summed E-state index contributed by atoms with van der Waals surface area (Å²) in [7, 11) is 3.78. The molecule has 3 aliphatic rings. The standard InChI is InChI=1S/C23H22N4O5/c1-26(2)8-9-27-22(29)17-15-12-13(31-11-10-28)5-6-14(15)19-20(18(17)23(27)30)32-16-4-3-7-24-21(16)25-19/h3-7,12,20,28H,8-11H2,1-2H3/p+1. The van der Waals surface area contributed by atoms with Gasteiger partial charge in [0.15, 0.2) is 6.10 Å². The van der Waals surface area contributed by atoms with E-state index in [9.17, 15) is 9.59 Å². The Morgan fingerprint density at radius 1 is 1.22 bits per heavy atom. The highest BCUT2D eigenvalue weighted by atomic mass is 16.5.